The van der Waals surface area contributed by atoms with Crippen LogP contribution in [0.15, 0.2) is 47.1 Å². The Hall–Kier alpha value is -2.02. The molecule has 24 heavy (non-hydrogen) atoms. The number of hydrogen-bond acceptors (Lipinski definition) is 6. The first kappa shape index (κ1) is 18.3. The largest absolute Gasteiger partial charge is 0.497 e. The van der Waals surface area contributed by atoms with Crippen LogP contribution in [0.3, 0.4) is 0 Å². The van der Waals surface area contributed by atoms with Crippen molar-refractivity contribution in [3.63, 3.8) is 0 Å². The summed E-state index contributed by atoms with van der Waals surface area (Å²) in [5, 5.41) is 10.2. The maximum absolute atomic E-state index is 10.2. The van der Waals surface area contributed by atoms with E-state index in [0.29, 0.717) is 32.0 Å². The molecule has 0 bridgehead atoms. The third-order valence-electron chi connectivity index (χ3n) is 3.54. The maximum Gasteiger partial charge on any atom is 0.119 e. The molecule has 0 aliphatic carbocycles. The summed E-state index contributed by atoms with van der Waals surface area (Å²) >= 11 is 0. The molecule has 0 aliphatic heterocycles. The van der Waals surface area contributed by atoms with Gasteiger partial charge in [-0.2, -0.15) is 0 Å². The number of hydrogen-bond donors (Lipinski definition) is 1. The summed E-state index contributed by atoms with van der Waals surface area (Å²) in [7, 11) is 3.28. The van der Waals surface area contributed by atoms with Crippen molar-refractivity contribution in [2.45, 2.75) is 12.6 Å². The summed E-state index contributed by atoms with van der Waals surface area (Å²) in [6, 6.07) is 11.0. The number of furan rings is 1. The Kier molecular flexibility index (Phi) is 7.61. The van der Waals surface area contributed by atoms with Crippen LogP contribution in [0.4, 0.5) is 0 Å². The van der Waals surface area contributed by atoms with Gasteiger partial charge in [0.15, 0.2) is 0 Å². The van der Waals surface area contributed by atoms with Gasteiger partial charge in [-0.1, -0.05) is 0 Å². The average molecular weight is 335 g/mol. The zero-order valence-electron chi connectivity index (χ0n) is 14.2. The van der Waals surface area contributed by atoms with E-state index < -0.39 is 6.10 Å². The van der Waals surface area contributed by atoms with Crippen LogP contribution < -0.4 is 9.47 Å². The first-order valence-electron chi connectivity index (χ1n) is 7.90. The van der Waals surface area contributed by atoms with Crippen LogP contribution in [0, 0.1) is 0 Å². The Morgan fingerprint density at radius 1 is 1.12 bits per heavy atom. The van der Waals surface area contributed by atoms with Gasteiger partial charge in [0.25, 0.3) is 0 Å². The number of ether oxygens (including phenoxy) is 3. The monoisotopic (exact) mass is 335 g/mol. The Balaban J connectivity index is 1.80. The molecule has 6 nitrogen and oxygen atoms in total. The molecule has 0 amide bonds. The van der Waals surface area contributed by atoms with Crippen molar-refractivity contribution >= 4 is 0 Å². The summed E-state index contributed by atoms with van der Waals surface area (Å²) < 4.78 is 21.2. The predicted molar refractivity (Wildman–Crippen MR) is 90.4 cm³/mol. The molecule has 0 saturated carbocycles. The molecule has 1 heterocycles. The lowest BCUT2D eigenvalue weighted by Gasteiger charge is -2.24. The topological polar surface area (TPSA) is 64.3 Å². The average Bonchev–Trinajstić information content (AvgIpc) is 3.11. The number of rotatable bonds is 11. The van der Waals surface area contributed by atoms with Crippen LogP contribution in [0.25, 0.3) is 0 Å². The maximum atomic E-state index is 10.2. The van der Waals surface area contributed by atoms with Crippen molar-refractivity contribution in [1.29, 1.82) is 0 Å². The molecule has 1 atom stereocenters. The fraction of sp³-hybridized carbons (Fsp3) is 0.444. The second-order valence-electron chi connectivity index (χ2n) is 5.45. The summed E-state index contributed by atoms with van der Waals surface area (Å²) in [6.45, 7) is 2.60. The lowest BCUT2D eigenvalue weighted by atomic mass is 10.3. The molecule has 132 valence electrons. The molecule has 1 aromatic heterocycles. The lowest BCUT2D eigenvalue weighted by molar-refractivity contribution is 0.0517. The highest BCUT2D eigenvalue weighted by atomic mass is 16.5. The third kappa shape index (κ3) is 6.23. The van der Waals surface area contributed by atoms with Crippen LogP contribution in [-0.2, 0) is 11.3 Å². The minimum absolute atomic E-state index is 0.216. The number of aliphatic hydroxyl groups excluding tert-OH is 1. The van der Waals surface area contributed by atoms with E-state index in [-0.39, 0.29) is 6.61 Å². The summed E-state index contributed by atoms with van der Waals surface area (Å²) in [5.74, 6) is 2.32. The molecular formula is C18H25NO5. The molecule has 2 aromatic rings. The number of methoxy groups -OCH3 is 2. The van der Waals surface area contributed by atoms with Gasteiger partial charge in [0.05, 0.1) is 26.5 Å². The van der Waals surface area contributed by atoms with E-state index in [1.54, 1.807) is 20.5 Å². The third-order valence-corrected chi connectivity index (χ3v) is 3.54. The minimum Gasteiger partial charge on any atom is -0.497 e. The smallest absolute Gasteiger partial charge is 0.119 e. The highest BCUT2D eigenvalue weighted by Crippen LogP contribution is 2.17. The number of nitrogens with zero attached hydrogens (tertiary/aromatic N) is 1. The van der Waals surface area contributed by atoms with Gasteiger partial charge in [-0.3, -0.25) is 4.90 Å². The zero-order valence-corrected chi connectivity index (χ0v) is 14.2. The van der Waals surface area contributed by atoms with E-state index in [2.05, 4.69) is 4.90 Å². The predicted octanol–water partition coefficient (Wildman–Crippen LogP) is 2.18. The van der Waals surface area contributed by atoms with Gasteiger partial charge < -0.3 is 23.7 Å². The molecule has 0 spiro atoms. The van der Waals surface area contributed by atoms with Crippen molar-refractivity contribution in [1.82, 2.24) is 4.90 Å². The molecule has 0 aliphatic rings. The van der Waals surface area contributed by atoms with Crippen molar-refractivity contribution < 1.29 is 23.7 Å². The van der Waals surface area contributed by atoms with E-state index in [9.17, 15) is 5.11 Å². The lowest BCUT2D eigenvalue weighted by Crippen LogP contribution is -2.37. The van der Waals surface area contributed by atoms with Crippen LogP contribution in [0.1, 0.15) is 5.76 Å². The van der Waals surface area contributed by atoms with E-state index in [4.69, 9.17) is 18.6 Å². The van der Waals surface area contributed by atoms with Crippen molar-refractivity contribution in [2.75, 3.05) is 40.5 Å². The minimum atomic E-state index is -0.612. The van der Waals surface area contributed by atoms with Crippen molar-refractivity contribution in [3.8, 4) is 11.5 Å². The Labute approximate surface area is 142 Å². The Morgan fingerprint density at radius 3 is 2.50 bits per heavy atom. The first-order valence-corrected chi connectivity index (χ1v) is 7.90. The van der Waals surface area contributed by atoms with E-state index in [0.717, 1.165) is 11.5 Å². The van der Waals surface area contributed by atoms with Crippen LogP contribution in [0.2, 0.25) is 0 Å². The molecule has 1 unspecified atom stereocenters. The van der Waals surface area contributed by atoms with E-state index in [1.165, 1.54) is 0 Å². The second kappa shape index (κ2) is 9.97. The fourth-order valence-corrected chi connectivity index (χ4v) is 2.29. The summed E-state index contributed by atoms with van der Waals surface area (Å²) in [5.41, 5.74) is 0. The molecule has 1 aromatic carbocycles. The quantitative estimate of drug-likeness (QED) is 0.679. The van der Waals surface area contributed by atoms with Crippen molar-refractivity contribution in [2.24, 2.45) is 0 Å². The molecular weight excluding hydrogens is 310 g/mol. The Morgan fingerprint density at radius 2 is 1.88 bits per heavy atom. The van der Waals surface area contributed by atoms with E-state index in [1.807, 2.05) is 36.4 Å². The molecule has 0 radical (unpaired) electrons. The molecule has 2 rings (SSSR count). The van der Waals surface area contributed by atoms with Crippen LogP contribution in [0.5, 0.6) is 11.5 Å². The standard InChI is InChI=1S/C18H25NO5/c1-21-11-9-19(13-18-4-3-10-23-18)12-15(20)14-24-17-7-5-16(22-2)6-8-17/h3-8,10,15,20H,9,11-14H2,1-2H3. The number of benzene rings is 1. The van der Waals surface area contributed by atoms with Gasteiger partial charge in [-0.05, 0) is 36.4 Å². The second-order valence-corrected chi connectivity index (χ2v) is 5.45. The Bertz CT molecular complexity index is 555. The molecule has 6 heteroatoms. The summed E-state index contributed by atoms with van der Waals surface area (Å²) in [6.07, 6.45) is 1.03. The first-order chi connectivity index (χ1) is 11.7. The van der Waals surface area contributed by atoms with Crippen LogP contribution in [-0.4, -0.2) is 56.6 Å². The van der Waals surface area contributed by atoms with E-state index >= 15 is 0 Å². The molecule has 0 fully saturated rings. The highest BCUT2D eigenvalue weighted by molar-refractivity contribution is 5.31. The summed E-state index contributed by atoms with van der Waals surface area (Å²) in [4.78, 5) is 2.07. The number of aliphatic hydroxyl groups is 1. The van der Waals surface area contributed by atoms with Crippen molar-refractivity contribution in [3.05, 3.63) is 48.4 Å². The normalized spacial score (nSPS) is 12.3. The fourth-order valence-electron chi connectivity index (χ4n) is 2.29. The molecule has 0 saturated heterocycles. The van der Waals surface area contributed by atoms with Gasteiger partial charge in [0.1, 0.15) is 30.0 Å². The molecule has 1 N–H and O–H groups in total. The van der Waals surface area contributed by atoms with Gasteiger partial charge >= 0.3 is 0 Å². The van der Waals surface area contributed by atoms with Gasteiger partial charge in [-0.25, -0.2) is 0 Å². The van der Waals surface area contributed by atoms with Gasteiger partial charge in [0.2, 0.25) is 0 Å². The highest BCUT2D eigenvalue weighted by Gasteiger charge is 2.14. The van der Waals surface area contributed by atoms with Crippen LogP contribution >= 0.6 is 0 Å². The SMILES string of the molecule is COCCN(Cc1ccco1)CC(O)COc1ccc(OC)cc1. The van der Waals surface area contributed by atoms with Gasteiger partial charge in [-0.15, -0.1) is 0 Å². The van der Waals surface area contributed by atoms with Gasteiger partial charge in [0, 0.05) is 20.2 Å². The zero-order chi connectivity index (χ0) is 17.2.